The van der Waals surface area contributed by atoms with Crippen LogP contribution in [0.15, 0.2) is 34.3 Å². The standard InChI is InChI=1S/C12H7BrO5/c1-17-11(15)8-9(14)12(16)18-10(8)6-4-2-3-5-7(6)13/h2-5H,1H3. The Balaban J connectivity index is 2.62. The Labute approximate surface area is 111 Å². The third-order valence-electron chi connectivity index (χ3n) is 2.34. The van der Waals surface area contributed by atoms with E-state index in [4.69, 9.17) is 4.74 Å². The third-order valence-corrected chi connectivity index (χ3v) is 3.03. The maximum atomic E-state index is 11.6. The lowest BCUT2D eigenvalue weighted by Gasteiger charge is -2.05. The summed E-state index contributed by atoms with van der Waals surface area (Å²) in [5, 5.41) is 0. The van der Waals surface area contributed by atoms with Crippen molar-refractivity contribution in [1.82, 2.24) is 0 Å². The lowest BCUT2D eigenvalue weighted by Crippen LogP contribution is -2.16. The number of esters is 2. The molecule has 92 valence electrons. The molecule has 6 heteroatoms. The first kappa shape index (κ1) is 12.5. The van der Waals surface area contributed by atoms with Crippen LogP contribution in [-0.2, 0) is 23.9 Å². The average Bonchev–Trinajstić information content (AvgIpc) is 2.65. The molecule has 0 saturated heterocycles. The van der Waals surface area contributed by atoms with Crippen molar-refractivity contribution in [3.05, 3.63) is 39.9 Å². The van der Waals surface area contributed by atoms with Crippen LogP contribution < -0.4 is 0 Å². The van der Waals surface area contributed by atoms with Crippen LogP contribution in [0.2, 0.25) is 0 Å². The molecule has 2 rings (SSSR count). The summed E-state index contributed by atoms with van der Waals surface area (Å²) in [5.74, 6) is -3.05. The second-order valence-electron chi connectivity index (χ2n) is 3.39. The van der Waals surface area contributed by atoms with Gasteiger partial charge in [-0.2, -0.15) is 0 Å². The number of halogens is 1. The minimum Gasteiger partial charge on any atom is -0.465 e. The van der Waals surface area contributed by atoms with Crippen molar-refractivity contribution in [1.29, 1.82) is 0 Å². The molecule has 1 aromatic rings. The summed E-state index contributed by atoms with van der Waals surface area (Å²) in [6, 6.07) is 6.77. The van der Waals surface area contributed by atoms with Crippen molar-refractivity contribution in [2.45, 2.75) is 0 Å². The molecule has 1 aliphatic heterocycles. The Kier molecular flexibility index (Phi) is 3.29. The van der Waals surface area contributed by atoms with Gasteiger partial charge in [-0.3, -0.25) is 4.79 Å². The highest BCUT2D eigenvalue weighted by molar-refractivity contribution is 9.10. The van der Waals surface area contributed by atoms with E-state index in [1.807, 2.05) is 0 Å². The SMILES string of the molecule is COC(=O)C1=C(c2ccccc2Br)OC(=O)C1=O. The van der Waals surface area contributed by atoms with Crippen molar-refractivity contribution < 1.29 is 23.9 Å². The number of carbonyl (C=O) groups is 3. The minimum atomic E-state index is -1.08. The van der Waals surface area contributed by atoms with Crippen LogP contribution in [0.25, 0.3) is 5.76 Å². The topological polar surface area (TPSA) is 69.7 Å². The molecule has 0 bridgehead atoms. The van der Waals surface area contributed by atoms with Gasteiger partial charge in [-0.25, -0.2) is 9.59 Å². The molecule has 1 heterocycles. The largest absolute Gasteiger partial charge is 0.465 e. The Hall–Kier alpha value is -1.95. The van der Waals surface area contributed by atoms with E-state index in [1.165, 1.54) is 0 Å². The number of hydrogen-bond acceptors (Lipinski definition) is 5. The van der Waals surface area contributed by atoms with Crippen molar-refractivity contribution in [3.63, 3.8) is 0 Å². The summed E-state index contributed by atoms with van der Waals surface area (Å²) < 4.78 is 9.92. The number of hydrogen-bond donors (Lipinski definition) is 0. The fraction of sp³-hybridized carbons (Fsp3) is 0.0833. The first-order chi connectivity index (χ1) is 8.56. The van der Waals surface area contributed by atoms with Crippen molar-refractivity contribution >= 4 is 39.4 Å². The summed E-state index contributed by atoms with van der Waals surface area (Å²) in [7, 11) is 1.13. The predicted molar refractivity (Wildman–Crippen MR) is 64.2 cm³/mol. The minimum absolute atomic E-state index is 0.0793. The van der Waals surface area contributed by atoms with Gasteiger partial charge in [-0.05, 0) is 6.07 Å². The van der Waals surface area contributed by atoms with E-state index < -0.39 is 17.7 Å². The molecule has 5 nitrogen and oxygen atoms in total. The van der Waals surface area contributed by atoms with Gasteiger partial charge in [0.15, 0.2) is 11.3 Å². The molecule has 18 heavy (non-hydrogen) atoms. The summed E-state index contributed by atoms with van der Waals surface area (Å²) >= 11 is 3.26. The van der Waals surface area contributed by atoms with Crippen molar-refractivity contribution in [3.8, 4) is 0 Å². The quantitative estimate of drug-likeness (QED) is 0.470. The van der Waals surface area contributed by atoms with Crippen LogP contribution in [-0.4, -0.2) is 24.8 Å². The summed E-state index contributed by atoms with van der Waals surface area (Å²) in [6.07, 6.45) is 0. The van der Waals surface area contributed by atoms with Crippen LogP contribution in [0, 0.1) is 0 Å². The number of methoxy groups -OCH3 is 1. The zero-order valence-corrected chi connectivity index (χ0v) is 10.8. The lowest BCUT2D eigenvalue weighted by atomic mass is 10.1. The molecule has 0 amide bonds. The summed E-state index contributed by atoms with van der Waals surface area (Å²) in [6.45, 7) is 0. The number of benzene rings is 1. The van der Waals surface area contributed by atoms with Crippen molar-refractivity contribution in [2.75, 3.05) is 7.11 Å². The highest BCUT2D eigenvalue weighted by atomic mass is 79.9. The third kappa shape index (κ3) is 1.95. The lowest BCUT2D eigenvalue weighted by molar-refractivity contribution is -0.146. The van der Waals surface area contributed by atoms with E-state index in [0.717, 1.165) is 7.11 Å². The molecule has 0 saturated carbocycles. The fourth-order valence-corrected chi connectivity index (χ4v) is 1.98. The van der Waals surface area contributed by atoms with Crippen LogP contribution in [0.4, 0.5) is 0 Å². The Bertz CT molecular complexity index is 588. The molecule has 0 radical (unpaired) electrons. The number of carbonyl (C=O) groups excluding carboxylic acids is 3. The molecular weight excluding hydrogens is 304 g/mol. The van der Waals surface area contributed by atoms with Gasteiger partial charge in [0.1, 0.15) is 0 Å². The maximum absolute atomic E-state index is 11.6. The zero-order valence-electron chi connectivity index (χ0n) is 9.23. The van der Waals surface area contributed by atoms with Gasteiger partial charge in [-0.1, -0.05) is 34.1 Å². The molecule has 0 fully saturated rings. The van der Waals surface area contributed by atoms with E-state index in [9.17, 15) is 14.4 Å². The highest BCUT2D eigenvalue weighted by Gasteiger charge is 2.40. The van der Waals surface area contributed by atoms with Crippen LogP contribution in [0.3, 0.4) is 0 Å². The van der Waals surface area contributed by atoms with Crippen LogP contribution in [0.1, 0.15) is 5.56 Å². The fourth-order valence-electron chi connectivity index (χ4n) is 1.52. The monoisotopic (exact) mass is 310 g/mol. The molecule has 0 N–H and O–H groups in total. The summed E-state index contributed by atoms with van der Waals surface area (Å²) in [5.41, 5.74) is 0.0616. The predicted octanol–water partition coefficient (Wildman–Crippen LogP) is 1.46. The van der Waals surface area contributed by atoms with E-state index in [2.05, 4.69) is 20.7 Å². The molecule has 0 atom stereocenters. The van der Waals surface area contributed by atoms with E-state index in [1.54, 1.807) is 24.3 Å². The normalized spacial score (nSPS) is 14.8. The van der Waals surface area contributed by atoms with Crippen LogP contribution in [0.5, 0.6) is 0 Å². The zero-order chi connectivity index (χ0) is 13.3. The van der Waals surface area contributed by atoms with Gasteiger partial charge in [0.2, 0.25) is 0 Å². The number of cyclic esters (lactones) is 1. The molecule has 1 aliphatic rings. The molecule has 0 aromatic heterocycles. The molecule has 0 aliphatic carbocycles. The maximum Gasteiger partial charge on any atom is 0.385 e. The van der Waals surface area contributed by atoms with Crippen molar-refractivity contribution in [2.24, 2.45) is 0 Å². The number of Topliss-reactive ketones (excluding diaryl/α,β-unsaturated/α-hetero) is 1. The van der Waals surface area contributed by atoms with E-state index >= 15 is 0 Å². The van der Waals surface area contributed by atoms with Gasteiger partial charge in [0.25, 0.3) is 5.78 Å². The molecule has 1 aromatic carbocycles. The van der Waals surface area contributed by atoms with Gasteiger partial charge in [-0.15, -0.1) is 0 Å². The van der Waals surface area contributed by atoms with E-state index in [0.29, 0.717) is 10.0 Å². The number of ether oxygens (including phenoxy) is 2. The molecule has 0 spiro atoms. The molecular formula is C12H7BrO5. The average molecular weight is 311 g/mol. The Morgan fingerprint density at radius 3 is 2.56 bits per heavy atom. The van der Waals surface area contributed by atoms with Gasteiger partial charge >= 0.3 is 11.9 Å². The molecule has 0 unspecified atom stereocenters. The second kappa shape index (κ2) is 4.73. The van der Waals surface area contributed by atoms with Gasteiger partial charge in [0, 0.05) is 10.0 Å². The summed E-state index contributed by atoms with van der Waals surface area (Å²) in [4.78, 5) is 34.3. The first-order valence-electron chi connectivity index (χ1n) is 4.90. The highest BCUT2D eigenvalue weighted by Crippen LogP contribution is 2.32. The smallest absolute Gasteiger partial charge is 0.385 e. The van der Waals surface area contributed by atoms with E-state index in [-0.39, 0.29) is 11.3 Å². The first-order valence-corrected chi connectivity index (χ1v) is 5.69. The second-order valence-corrected chi connectivity index (χ2v) is 4.25. The van der Waals surface area contributed by atoms with Crippen LogP contribution >= 0.6 is 15.9 Å². The number of rotatable bonds is 2. The number of ketones is 1. The Morgan fingerprint density at radius 2 is 1.94 bits per heavy atom. The Morgan fingerprint density at radius 1 is 1.28 bits per heavy atom. The van der Waals surface area contributed by atoms with Gasteiger partial charge in [0.05, 0.1) is 7.11 Å². The van der Waals surface area contributed by atoms with Gasteiger partial charge < -0.3 is 9.47 Å².